The Kier molecular flexibility index (Phi) is 5.35. The third-order valence-electron chi connectivity index (χ3n) is 2.97. The second-order valence-electron chi connectivity index (χ2n) is 4.37. The van der Waals surface area contributed by atoms with Crippen molar-refractivity contribution in [3.8, 4) is 0 Å². The van der Waals surface area contributed by atoms with E-state index in [0.29, 0.717) is 32.6 Å². The summed E-state index contributed by atoms with van der Waals surface area (Å²) in [5.74, 6) is -0.887. The van der Waals surface area contributed by atoms with Gasteiger partial charge in [-0.1, -0.05) is 13.3 Å². The summed E-state index contributed by atoms with van der Waals surface area (Å²) in [5, 5.41) is 10.4. The number of rotatable bonds is 6. The van der Waals surface area contributed by atoms with E-state index in [1.54, 1.807) is 0 Å². The molecule has 100 valence electrons. The molecule has 1 saturated heterocycles. The monoisotopic (exact) mass is 264 g/mol. The number of unbranched alkanes of at least 4 members (excludes halogenated alkanes) is 1. The highest BCUT2D eigenvalue weighted by molar-refractivity contribution is 7.89. The molecule has 0 aromatic heterocycles. The number of sulfonamides is 1. The van der Waals surface area contributed by atoms with Crippen molar-refractivity contribution in [1.82, 2.24) is 4.31 Å². The number of carboxylic acid groups (broad SMARTS) is 1. The third kappa shape index (κ3) is 4.61. The Balaban J connectivity index is 2.43. The molecule has 0 atom stereocenters. The van der Waals surface area contributed by atoms with Gasteiger partial charge in [-0.05, 0) is 6.42 Å². The number of nitrogens with one attached hydrogen (secondary N) is 1. The largest absolute Gasteiger partial charge is 0.544 e. The predicted octanol–water partition coefficient (Wildman–Crippen LogP) is -2.93. The molecular formula is C10H20N2O4S. The van der Waals surface area contributed by atoms with Crippen molar-refractivity contribution >= 4 is 16.0 Å². The summed E-state index contributed by atoms with van der Waals surface area (Å²) in [6.07, 6.45) is 1.53. The first kappa shape index (κ1) is 14.4. The van der Waals surface area contributed by atoms with Crippen LogP contribution >= 0.6 is 0 Å². The molecule has 0 amide bonds. The van der Waals surface area contributed by atoms with Crippen LogP contribution in [0.15, 0.2) is 0 Å². The second-order valence-corrected chi connectivity index (χ2v) is 6.46. The SMILES string of the molecule is CCCCS(=O)(=O)N1CC[NH+](CC(=O)[O-])CC1. The van der Waals surface area contributed by atoms with Crippen LogP contribution in [0.1, 0.15) is 19.8 Å². The van der Waals surface area contributed by atoms with Crippen molar-refractivity contribution in [1.29, 1.82) is 0 Å². The van der Waals surface area contributed by atoms with Gasteiger partial charge in [0.2, 0.25) is 10.0 Å². The maximum atomic E-state index is 11.9. The lowest BCUT2D eigenvalue weighted by Gasteiger charge is -2.31. The molecule has 1 N–H and O–H groups in total. The molecule has 1 fully saturated rings. The highest BCUT2D eigenvalue weighted by atomic mass is 32.2. The molecule has 0 aromatic rings. The Bertz CT molecular complexity index is 347. The summed E-state index contributed by atoms with van der Waals surface area (Å²) >= 11 is 0. The van der Waals surface area contributed by atoms with Crippen molar-refractivity contribution in [3.63, 3.8) is 0 Å². The van der Waals surface area contributed by atoms with Crippen molar-refractivity contribution in [2.24, 2.45) is 0 Å². The van der Waals surface area contributed by atoms with Gasteiger partial charge in [0, 0.05) is 0 Å². The van der Waals surface area contributed by atoms with Gasteiger partial charge < -0.3 is 14.8 Å². The van der Waals surface area contributed by atoms with Gasteiger partial charge in [-0.2, -0.15) is 4.31 Å². The molecule has 1 aliphatic rings. The fraction of sp³-hybridized carbons (Fsp3) is 0.900. The summed E-state index contributed by atoms with van der Waals surface area (Å²) in [7, 11) is -3.14. The van der Waals surface area contributed by atoms with E-state index < -0.39 is 16.0 Å². The van der Waals surface area contributed by atoms with Crippen LogP contribution in [0.4, 0.5) is 0 Å². The van der Waals surface area contributed by atoms with Crippen molar-refractivity contribution in [2.75, 3.05) is 38.5 Å². The van der Waals surface area contributed by atoms with Gasteiger partial charge in [0.15, 0.2) is 0 Å². The average Bonchev–Trinajstić information content (AvgIpc) is 2.26. The minimum absolute atomic E-state index is 0.0388. The summed E-state index contributed by atoms with van der Waals surface area (Å²) in [5.41, 5.74) is 0. The normalized spacial score (nSPS) is 19.4. The Labute approximate surface area is 102 Å². The number of carbonyl (C=O) groups is 1. The Hall–Kier alpha value is -0.660. The minimum atomic E-state index is -3.14. The Morgan fingerprint density at radius 3 is 2.41 bits per heavy atom. The van der Waals surface area contributed by atoms with Gasteiger partial charge in [0.25, 0.3) is 0 Å². The van der Waals surface area contributed by atoms with Crippen LogP contribution in [0, 0.1) is 0 Å². The molecule has 0 aromatic carbocycles. The first-order valence-electron chi connectivity index (χ1n) is 5.97. The molecule has 0 radical (unpaired) electrons. The summed E-state index contributed by atoms with van der Waals surface area (Å²) in [4.78, 5) is 11.3. The average molecular weight is 264 g/mol. The lowest BCUT2D eigenvalue weighted by molar-refractivity contribution is -0.898. The number of carboxylic acids is 1. The fourth-order valence-corrected chi connectivity index (χ4v) is 3.57. The summed E-state index contributed by atoms with van der Waals surface area (Å²) in [6.45, 7) is 3.82. The van der Waals surface area contributed by atoms with Gasteiger partial charge in [0.05, 0.1) is 37.9 Å². The lowest BCUT2D eigenvalue weighted by atomic mass is 10.3. The van der Waals surface area contributed by atoms with Crippen LogP contribution in [0.5, 0.6) is 0 Å². The second kappa shape index (κ2) is 6.32. The maximum absolute atomic E-state index is 11.9. The molecule has 1 aliphatic heterocycles. The highest BCUT2D eigenvalue weighted by Crippen LogP contribution is 2.04. The molecule has 0 unspecified atom stereocenters. The zero-order valence-electron chi connectivity index (χ0n) is 10.1. The molecule has 17 heavy (non-hydrogen) atoms. The van der Waals surface area contributed by atoms with Crippen LogP contribution in [-0.4, -0.2) is 57.2 Å². The molecule has 0 spiro atoms. The summed E-state index contributed by atoms with van der Waals surface area (Å²) < 4.78 is 25.2. The quantitative estimate of drug-likeness (QED) is 0.557. The zero-order valence-corrected chi connectivity index (χ0v) is 11.0. The molecule has 0 bridgehead atoms. The van der Waals surface area contributed by atoms with E-state index in [9.17, 15) is 18.3 Å². The first-order chi connectivity index (χ1) is 7.95. The molecule has 0 saturated carbocycles. The van der Waals surface area contributed by atoms with Gasteiger partial charge in [0.1, 0.15) is 6.54 Å². The number of hydrogen-bond donors (Lipinski definition) is 1. The van der Waals surface area contributed by atoms with Crippen LogP contribution in [0.25, 0.3) is 0 Å². The Morgan fingerprint density at radius 1 is 1.35 bits per heavy atom. The lowest BCUT2D eigenvalue weighted by Crippen LogP contribution is -3.16. The maximum Gasteiger partial charge on any atom is 0.214 e. The molecule has 1 rings (SSSR count). The first-order valence-corrected chi connectivity index (χ1v) is 7.58. The number of nitrogens with zero attached hydrogens (tertiary/aromatic N) is 1. The van der Waals surface area contributed by atoms with E-state index in [0.717, 1.165) is 11.3 Å². The van der Waals surface area contributed by atoms with E-state index in [2.05, 4.69) is 0 Å². The molecular weight excluding hydrogens is 244 g/mol. The number of quaternary nitrogens is 1. The van der Waals surface area contributed by atoms with Crippen LogP contribution < -0.4 is 10.0 Å². The van der Waals surface area contributed by atoms with Gasteiger partial charge in [-0.3, -0.25) is 0 Å². The summed E-state index contributed by atoms with van der Waals surface area (Å²) in [6, 6.07) is 0. The zero-order chi connectivity index (χ0) is 12.9. The molecule has 0 aliphatic carbocycles. The topological polar surface area (TPSA) is 82.0 Å². The van der Waals surface area contributed by atoms with Gasteiger partial charge in [-0.25, -0.2) is 8.42 Å². The van der Waals surface area contributed by atoms with Crippen LogP contribution in [0.3, 0.4) is 0 Å². The molecule has 6 nitrogen and oxygen atoms in total. The number of piperazine rings is 1. The van der Waals surface area contributed by atoms with Crippen LogP contribution in [-0.2, 0) is 14.8 Å². The van der Waals surface area contributed by atoms with Crippen molar-refractivity contribution in [2.45, 2.75) is 19.8 Å². The smallest absolute Gasteiger partial charge is 0.214 e. The van der Waals surface area contributed by atoms with Crippen LogP contribution in [0.2, 0.25) is 0 Å². The van der Waals surface area contributed by atoms with E-state index in [4.69, 9.17) is 0 Å². The number of carbonyl (C=O) groups excluding carboxylic acids is 1. The fourth-order valence-electron chi connectivity index (χ4n) is 1.92. The predicted molar refractivity (Wildman–Crippen MR) is 60.8 cm³/mol. The minimum Gasteiger partial charge on any atom is -0.544 e. The highest BCUT2D eigenvalue weighted by Gasteiger charge is 2.28. The molecule has 7 heteroatoms. The van der Waals surface area contributed by atoms with E-state index >= 15 is 0 Å². The van der Waals surface area contributed by atoms with Gasteiger partial charge in [-0.15, -0.1) is 0 Å². The molecule has 1 heterocycles. The van der Waals surface area contributed by atoms with Crippen molar-refractivity contribution < 1.29 is 23.2 Å². The van der Waals surface area contributed by atoms with Crippen molar-refractivity contribution in [3.05, 3.63) is 0 Å². The van der Waals surface area contributed by atoms with E-state index in [-0.39, 0.29) is 12.3 Å². The Morgan fingerprint density at radius 2 is 1.94 bits per heavy atom. The number of aliphatic carboxylic acids is 1. The van der Waals surface area contributed by atoms with E-state index in [1.807, 2.05) is 6.92 Å². The standard InChI is InChI=1S/C10H20N2O4S/c1-2-3-8-17(15,16)12-6-4-11(5-7-12)9-10(13)14/h2-9H2,1H3,(H,13,14). The third-order valence-corrected chi connectivity index (χ3v) is 4.93. The number of hydrogen-bond acceptors (Lipinski definition) is 4. The van der Waals surface area contributed by atoms with Gasteiger partial charge >= 0.3 is 0 Å². The van der Waals surface area contributed by atoms with E-state index in [1.165, 1.54) is 4.31 Å².